The van der Waals surface area contributed by atoms with Crippen LogP contribution >= 0.6 is 0 Å². The van der Waals surface area contributed by atoms with E-state index in [2.05, 4.69) is 60.4 Å². The zero-order valence-electron chi connectivity index (χ0n) is 17.2. The Hall–Kier alpha value is -0.423. The fourth-order valence-electron chi connectivity index (χ4n) is 4.50. The Morgan fingerprint density at radius 1 is 1.24 bits per heavy atom. The molecule has 0 aromatic carbocycles. The molecule has 0 saturated heterocycles. The molecule has 25 heavy (non-hydrogen) atoms. The molecule has 0 radical (unpaired) electrons. The topological polar surface area (TPSA) is 49.7 Å². The highest BCUT2D eigenvalue weighted by Gasteiger charge is 2.70. The fourth-order valence-corrected chi connectivity index (χ4v) is 5.84. The van der Waals surface area contributed by atoms with Crippen molar-refractivity contribution in [2.45, 2.75) is 77.3 Å². The van der Waals surface area contributed by atoms with Gasteiger partial charge in [0.2, 0.25) is 0 Å². The number of fused-ring (bicyclic) bond motifs is 1. The first-order valence-corrected chi connectivity index (χ1v) is 12.5. The fraction of sp³-hybridized carbons (Fsp3) is 0.810. The number of aliphatic hydroxyl groups excluding tert-OH is 1. The van der Waals surface area contributed by atoms with E-state index in [0.717, 1.165) is 0 Å². The lowest BCUT2D eigenvalue weighted by atomic mass is 9.73. The molecule has 2 aliphatic rings. The quantitative estimate of drug-likeness (QED) is 0.536. The van der Waals surface area contributed by atoms with Crippen LogP contribution in [0.15, 0.2) is 24.8 Å². The van der Waals surface area contributed by atoms with Crippen LogP contribution in [-0.2, 0) is 4.43 Å². The average Bonchev–Trinajstić information content (AvgIpc) is 3.03. The molecule has 0 amide bonds. The van der Waals surface area contributed by atoms with E-state index >= 15 is 0 Å². The minimum Gasteiger partial charge on any atom is -0.414 e. The van der Waals surface area contributed by atoms with Gasteiger partial charge in [-0.05, 0) is 41.8 Å². The van der Waals surface area contributed by atoms with Gasteiger partial charge in [-0.3, -0.25) is 0 Å². The minimum atomic E-state index is -1.89. The molecule has 0 bridgehead atoms. The lowest BCUT2D eigenvalue weighted by Gasteiger charge is -2.45. The van der Waals surface area contributed by atoms with Gasteiger partial charge in [0.25, 0.3) is 0 Å². The molecule has 5 atom stereocenters. The van der Waals surface area contributed by atoms with Crippen molar-refractivity contribution >= 4 is 8.32 Å². The predicted molar refractivity (Wildman–Crippen MR) is 107 cm³/mol. The normalized spacial score (nSPS) is 37.8. The Labute approximate surface area is 155 Å². The number of hydrogen-bond acceptors (Lipinski definition) is 3. The largest absolute Gasteiger partial charge is 0.414 e. The summed E-state index contributed by atoms with van der Waals surface area (Å²) >= 11 is 0. The van der Waals surface area contributed by atoms with Crippen LogP contribution in [0.25, 0.3) is 0 Å². The van der Waals surface area contributed by atoms with Crippen molar-refractivity contribution in [3.63, 3.8) is 0 Å². The van der Waals surface area contributed by atoms with E-state index in [9.17, 15) is 5.11 Å². The van der Waals surface area contributed by atoms with Gasteiger partial charge >= 0.3 is 0 Å². The molecular weight excluding hydrogens is 328 g/mol. The van der Waals surface area contributed by atoms with Gasteiger partial charge in [0.05, 0.1) is 11.7 Å². The Kier molecular flexibility index (Phi) is 5.54. The molecule has 0 aromatic rings. The Morgan fingerprint density at radius 2 is 1.84 bits per heavy atom. The smallest absolute Gasteiger partial charge is 0.192 e. The molecule has 3 nitrogen and oxygen atoms in total. The van der Waals surface area contributed by atoms with Gasteiger partial charge in [-0.25, -0.2) is 0 Å². The summed E-state index contributed by atoms with van der Waals surface area (Å²) < 4.78 is 6.77. The highest BCUT2D eigenvalue weighted by molar-refractivity contribution is 6.74. The van der Waals surface area contributed by atoms with Crippen molar-refractivity contribution in [1.82, 2.24) is 0 Å². The molecule has 0 unspecified atom stereocenters. The maximum absolute atomic E-state index is 11.3. The molecule has 2 fully saturated rings. The molecular formula is C21H38O3Si. The van der Waals surface area contributed by atoms with Crippen molar-refractivity contribution in [2.24, 2.45) is 23.2 Å². The summed E-state index contributed by atoms with van der Waals surface area (Å²) in [5.74, 6) is 0.926. The van der Waals surface area contributed by atoms with Gasteiger partial charge in [-0.1, -0.05) is 52.8 Å². The van der Waals surface area contributed by atoms with Crippen LogP contribution in [-0.4, -0.2) is 36.8 Å². The van der Waals surface area contributed by atoms with E-state index in [4.69, 9.17) is 9.53 Å². The standard InChI is InChI=1S/C21H38O3Si/c1-9-21(23)14-16(24-25(7,8)19(2,3)4)18-17(20(18,5)6)15(21)12-10-11-13-22/h9-10,12,15-18,22-23H,1,11,13-14H2,2-8H3/b12-10-/t15-,16+,17-,18+,21+/m0/s1. The molecule has 4 heteroatoms. The van der Waals surface area contributed by atoms with Crippen molar-refractivity contribution in [2.75, 3.05) is 6.61 Å². The average molecular weight is 367 g/mol. The molecule has 2 aliphatic carbocycles. The number of hydrogen-bond donors (Lipinski definition) is 2. The van der Waals surface area contributed by atoms with Crippen LogP contribution in [0.3, 0.4) is 0 Å². The molecule has 0 aliphatic heterocycles. The zero-order valence-corrected chi connectivity index (χ0v) is 18.2. The van der Waals surface area contributed by atoms with E-state index in [1.54, 1.807) is 6.08 Å². The third-order valence-electron chi connectivity index (χ3n) is 7.13. The van der Waals surface area contributed by atoms with Crippen LogP contribution in [0, 0.1) is 23.2 Å². The van der Waals surface area contributed by atoms with Crippen LogP contribution in [0.1, 0.15) is 47.5 Å². The van der Waals surface area contributed by atoms with Gasteiger partial charge in [-0.2, -0.15) is 0 Å². The highest BCUT2D eigenvalue weighted by atomic mass is 28.4. The number of rotatable bonds is 6. The van der Waals surface area contributed by atoms with Crippen molar-refractivity contribution < 1.29 is 14.6 Å². The molecule has 2 rings (SSSR count). The minimum absolute atomic E-state index is 0.0517. The van der Waals surface area contributed by atoms with Crippen molar-refractivity contribution in [3.05, 3.63) is 24.8 Å². The molecule has 0 heterocycles. The summed E-state index contributed by atoms with van der Waals surface area (Å²) in [5.41, 5.74) is -0.775. The lowest BCUT2D eigenvalue weighted by molar-refractivity contribution is -0.0393. The molecule has 2 N–H and O–H groups in total. The van der Waals surface area contributed by atoms with Crippen LogP contribution in [0.5, 0.6) is 0 Å². The van der Waals surface area contributed by atoms with Crippen molar-refractivity contribution in [1.29, 1.82) is 0 Å². The first-order chi connectivity index (χ1) is 11.3. The summed E-state index contributed by atoms with van der Waals surface area (Å²) in [7, 11) is -1.89. The lowest BCUT2D eigenvalue weighted by Crippen LogP contribution is -2.51. The van der Waals surface area contributed by atoms with Gasteiger partial charge in [0.15, 0.2) is 8.32 Å². The van der Waals surface area contributed by atoms with Crippen molar-refractivity contribution in [3.8, 4) is 0 Å². The Morgan fingerprint density at radius 3 is 2.32 bits per heavy atom. The Balaban J connectivity index is 2.30. The van der Waals surface area contributed by atoms with E-state index in [0.29, 0.717) is 24.7 Å². The van der Waals surface area contributed by atoms with Gasteiger partial charge in [0.1, 0.15) is 0 Å². The summed E-state index contributed by atoms with van der Waals surface area (Å²) in [4.78, 5) is 0. The molecule has 144 valence electrons. The summed E-state index contributed by atoms with van der Waals surface area (Å²) in [6.07, 6.45) is 7.15. The summed E-state index contributed by atoms with van der Waals surface area (Å²) in [6, 6.07) is 0. The number of aliphatic hydroxyl groups is 2. The second-order valence-electron chi connectivity index (χ2n) is 10.2. The first kappa shape index (κ1) is 20.9. The SMILES string of the molecule is C=C[C@@]1(O)C[C@@H](O[Si](C)(C)C(C)(C)C)[C@@H]2[C@H]([C@@H]1/C=C\CCO)C2(C)C. The van der Waals surface area contributed by atoms with Crippen LogP contribution in [0.2, 0.25) is 18.1 Å². The van der Waals surface area contributed by atoms with E-state index in [-0.39, 0.29) is 29.1 Å². The van der Waals surface area contributed by atoms with E-state index in [1.165, 1.54) is 0 Å². The first-order valence-electron chi connectivity index (χ1n) is 9.63. The second-order valence-corrected chi connectivity index (χ2v) is 14.9. The predicted octanol–water partition coefficient (Wildman–Crippen LogP) is 4.52. The maximum atomic E-state index is 11.3. The second kappa shape index (κ2) is 6.63. The molecule has 0 aromatic heterocycles. The van der Waals surface area contributed by atoms with Gasteiger partial charge in [0, 0.05) is 18.9 Å². The van der Waals surface area contributed by atoms with Gasteiger partial charge < -0.3 is 14.6 Å². The van der Waals surface area contributed by atoms with Gasteiger partial charge in [-0.15, -0.1) is 6.58 Å². The van der Waals surface area contributed by atoms with E-state index in [1.807, 2.05) is 6.08 Å². The third kappa shape index (κ3) is 3.69. The monoisotopic (exact) mass is 366 g/mol. The third-order valence-corrected chi connectivity index (χ3v) is 11.6. The van der Waals surface area contributed by atoms with E-state index < -0.39 is 13.9 Å². The summed E-state index contributed by atoms with van der Waals surface area (Å²) in [6.45, 7) is 20.0. The Bertz CT molecular complexity index is 532. The van der Waals surface area contributed by atoms with Crippen LogP contribution in [0.4, 0.5) is 0 Å². The summed E-state index contributed by atoms with van der Waals surface area (Å²) in [5, 5.41) is 20.6. The highest BCUT2D eigenvalue weighted by Crippen LogP contribution is 2.70. The zero-order chi connectivity index (χ0) is 19.3. The molecule has 2 saturated carbocycles. The van der Waals surface area contributed by atoms with Crippen LogP contribution < -0.4 is 0 Å². The maximum Gasteiger partial charge on any atom is 0.192 e. The molecule has 0 spiro atoms.